The molecule has 3 nitrogen and oxygen atoms in total. The number of nitrogens with two attached hydrogens (primary N) is 1. The van der Waals surface area contributed by atoms with Crippen molar-refractivity contribution in [2.45, 2.75) is 56.6 Å². The molecule has 0 aromatic rings. The van der Waals surface area contributed by atoms with Gasteiger partial charge in [-0.15, -0.1) is 0 Å². The number of hydrogen-bond acceptors (Lipinski definition) is 3. The molecular formula is C14H26N2O. The normalized spacial score (nSPS) is 54.9. The largest absolute Gasteiger partial charge is 0.388 e. The van der Waals surface area contributed by atoms with Crippen LogP contribution in [0.3, 0.4) is 0 Å². The van der Waals surface area contributed by atoms with Crippen LogP contribution in [0.25, 0.3) is 0 Å². The number of hydrogen-bond donors (Lipinski definition) is 2. The van der Waals surface area contributed by atoms with Gasteiger partial charge >= 0.3 is 0 Å². The number of piperidine rings is 3. The Morgan fingerprint density at radius 2 is 1.94 bits per heavy atom. The van der Waals surface area contributed by atoms with E-state index in [-0.39, 0.29) is 5.54 Å². The molecule has 17 heavy (non-hydrogen) atoms. The maximum atomic E-state index is 11.1. The highest BCUT2D eigenvalue weighted by atomic mass is 16.3. The molecule has 1 aliphatic carbocycles. The van der Waals surface area contributed by atoms with Crippen LogP contribution in [0, 0.1) is 11.8 Å². The molecule has 3 N–H and O–H groups in total. The van der Waals surface area contributed by atoms with E-state index in [1.54, 1.807) is 0 Å². The highest BCUT2D eigenvalue weighted by molar-refractivity contribution is 5.14. The van der Waals surface area contributed by atoms with Gasteiger partial charge in [0, 0.05) is 6.54 Å². The molecule has 2 bridgehead atoms. The predicted octanol–water partition coefficient (Wildman–Crippen LogP) is 1.35. The fraction of sp³-hybridized carbons (Fsp3) is 1.00. The van der Waals surface area contributed by atoms with Gasteiger partial charge in [0.1, 0.15) is 0 Å². The Hall–Kier alpha value is -0.120. The maximum Gasteiger partial charge on any atom is 0.0844 e. The second-order valence-corrected chi connectivity index (χ2v) is 6.82. The Bertz CT molecular complexity index is 301. The van der Waals surface area contributed by atoms with E-state index >= 15 is 0 Å². The maximum absolute atomic E-state index is 11.1. The zero-order chi connectivity index (χ0) is 12.1. The molecule has 0 amide bonds. The highest BCUT2D eigenvalue weighted by Gasteiger charge is 2.57. The van der Waals surface area contributed by atoms with E-state index in [4.69, 9.17) is 5.73 Å². The Labute approximate surface area is 104 Å². The lowest BCUT2D eigenvalue weighted by Gasteiger charge is -2.59. The number of aliphatic hydroxyl groups is 1. The molecule has 98 valence electrons. The van der Waals surface area contributed by atoms with Crippen LogP contribution in [-0.2, 0) is 0 Å². The summed E-state index contributed by atoms with van der Waals surface area (Å²) in [4.78, 5) is 2.46. The van der Waals surface area contributed by atoms with E-state index < -0.39 is 5.60 Å². The summed E-state index contributed by atoms with van der Waals surface area (Å²) in [7, 11) is 0. The van der Waals surface area contributed by atoms with Crippen molar-refractivity contribution in [1.29, 1.82) is 0 Å². The molecule has 3 aliphatic heterocycles. The lowest BCUT2D eigenvalue weighted by atomic mass is 9.59. The van der Waals surface area contributed by atoms with Gasteiger partial charge in [-0.1, -0.05) is 19.8 Å². The monoisotopic (exact) mass is 238 g/mol. The average Bonchev–Trinajstić information content (AvgIpc) is 2.29. The van der Waals surface area contributed by atoms with Crippen molar-refractivity contribution in [3.63, 3.8) is 0 Å². The van der Waals surface area contributed by atoms with Crippen LogP contribution in [0.4, 0.5) is 0 Å². The quantitative estimate of drug-likeness (QED) is 0.725. The van der Waals surface area contributed by atoms with Crippen molar-refractivity contribution in [3.8, 4) is 0 Å². The van der Waals surface area contributed by atoms with Crippen LogP contribution < -0.4 is 5.73 Å². The predicted molar refractivity (Wildman–Crippen MR) is 68.7 cm³/mol. The first-order valence-electron chi connectivity index (χ1n) is 7.27. The standard InChI is InChI=1S/C14H26N2O/c1-11-3-2-6-13(17,9-11)14(15)10-16-7-4-12(14)5-8-16/h11-12,17H,2-10,15H2,1H3. The van der Waals surface area contributed by atoms with Gasteiger partial charge in [0.25, 0.3) is 0 Å². The molecule has 0 spiro atoms. The van der Waals surface area contributed by atoms with E-state index in [0.29, 0.717) is 11.8 Å². The highest BCUT2D eigenvalue weighted by Crippen LogP contribution is 2.47. The Balaban J connectivity index is 1.86. The Kier molecular flexibility index (Phi) is 2.77. The number of rotatable bonds is 1. The third kappa shape index (κ3) is 1.74. The van der Waals surface area contributed by atoms with Gasteiger partial charge in [0.2, 0.25) is 0 Å². The second kappa shape index (κ2) is 3.94. The summed E-state index contributed by atoms with van der Waals surface area (Å²) in [5, 5.41) is 11.1. The van der Waals surface area contributed by atoms with Gasteiger partial charge in [0.15, 0.2) is 0 Å². The summed E-state index contributed by atoms with van der Waals surface area (Å²) >= 11 is 0. The Morgan fingerprint density at radius 3 is 2.47 bits per heavy atom. The van der Waals surface area contributed by atoms with Crippen LogP contribution in [0.1, 0.15) is 45.4 Å². The van der Waals surface area contributed by atoms with Crippen molar-refractivity contribution in [2.24, 2.45) is 17.6 Å². The molecule has 3 heterocycles. The van der Waals surface area contributed by atoms with Crippen molar-refractivity contribution < 1.29 is 5.11 Å². The molecule has 3 saturated heterocycles. The Morgan fingerprint density at radius 1 is 1.24 bits per heavy atom. The first-order chi connectivity index (χ1) is 8.03. The van der Waals surface area contributed by atoms with E-state index in [9.17, 15) is 5.11 Å². The zero-order valence-electron chi connectivity index (χ0n) is 11.0. The molecule has 3 atom stereocenters. The van der Waals surface area contributed by atoms with Crippen molar-refractivity contribution >= 4 is 0 Å². The van der Waals surface area contributed by atoms with Crippen molar-refractivity contribution in [2.75, 3.05) is 19.6 Å². The molecule has 3 heteroatoms. The second-order valence-electron chi connectivity index (χ2n) is 6.82. The fourth-order valence-corrected chi connectivity index (χ4v) is 4.58. The SMILES string of the molecule is CC1CCCC(O)(C2(N)CN3CCC2CC3)C1. The van der Waals surface area contributed by atoms with Crippen molar-refractivity contribution in [1.82, 2.24) is 4.90 Å². The van der Waals surface area contributed by atoms with Gasteiger partial charge in [-0.25, -0.2) is 0 Å². The van der Waals surface area contributed by atoms with Crippen LogP contribution in [0.5, 0.6) is 0 Å². The molecule has 0 radical (unpaired) electrons. The summed E-state index contributed by atoms with van der Waals surface area (Å²) in [5.74, 6) is 1.17. The smallest absolute Gasteiger partial charge is 0.0844 e. The summed E-state index contributed by atoms with van der Waals surface area (Å²) < 4.78 is 0. The van der Waals surface area contributed by atoms with E-state index in [1.165, 1.54) is 32.4 Å². The molecule has 4 aliphatic rings. The molecular weight excluding hydrogens is 212 g/mol. The van der Waals surface area contributed by atoms with Gasteiger partial charge in [-0.2, -0.15) is 0 Å². The molecule has 1 saturated carbocycles. The lowest BCUT2D eigenvalue weighted by Crippen LogP contribution is -2.75. The molecule has 0 aromatic heterocycles. The zero-order valence-corrected chi connectivity index (χ0v) is 11.0. The minimum absolute atomic E-state index is 0.335. The average molecular weight is 238 g/mol. The third-order valence-corrected chi connectivity index (χ3v) is 5.64. The summed E-state index contributed by atoms with van der Waals surface area (Å²) in [6, 6.07) is 0. The van der Waals surface area contributed by atoms with Gasteiger partial charge < -0.3 is 15.7 Å². The fourth-order valence-electron chi connectivity index (χ4n) is 4.58. The first-order valence-corrected chi connectivity index (χ1v) is 7.27. The van der Waals surface area contributed by atoms with E-state index in [2.05, 4.69) is 11.8 Å². The third-order valence-electron chi connectivity index (χ3n) is 5.64. The minimum Gasteiger partial charge on any atom is -0.388 e. The molecule has 4 rings (SSSR count). The molecule has 3 unspecified atom stereocenters. The van der Waals surface area contributed by atoms with Crippen LogP contribution in [-0.4, -0.2) is 40.8 Å². The summed E-state index contributed by atoms with van der Waals surface area (Å²) in [6.07, 6.45) is 6.60. The van der Waals surface area contributed by atoms with Crippen LogP contribution >= 0.6 is 0 Å². The van der Waals surface area contributed by atoms with Gasteiger partial charge in [0.05, 0.1) is 11.1 Å². The van der Waals surface area contributed by atoms with E-state index in [0.717, 1.165) is 25.8 Å². The summed E-state index contributed by atoms with van der Waals surface area (Å²) in [6.45, 7) is 5.56. The van der Waals surface area contributed by atoms with Crippen molar-refractivity contribution in [3.05, 3.63) is 0 Å². The molecule has 4 fully saturated rings. The number of fused-ring (bicyclic) bond motifs is 3. The lowest BCUT2D eigenvalue weighted by molar-refractivity contribution is -0.139. The summed E-state index contributed by atoms with van der Waals surface area (Å²) in [5.41, 5.74) is 5.79. The topological polar surface area (TPSA) is 49.5 Å². The first kappa shape index (κ1) is 11.9. The van der Waals surface area contributed by atoms with Gasteiger partial charge in [-0.3, -0.25) is 0 Å². The number of nitrogens with zero attached hydrogens (tertiary/aromatic N) is 1. The van der Waals surface area contributed by atoms with Crippen LogP contribution in [0.2, 0.25) is 0 Å². The molecule has 0 aromatic carbocycles. The van der Waals surface area contributed by atoms with Gasteiger partial charge in [-0.05, 0) is 50.6 Å². The minimum atomic E-state index is -0.603. The van der Waals surface area contributed by atoms with E-state index in [1.807, 2.05) is 0 Å². The van der Waals surface area contributed by atoms with Crippen LogP contribution in [0.15, 0.2) is 0 Å².